The molecule has 1 fully saturated rings. The first-order chi connectivity index (χ1) is 6.51. The van der Waals surface area contributed by atoms with Gasteiger partial charge in [0.25, 0.3) is 0 Å². The minimum atomic E-state index is 0.525. The summed E-state index contributed by atoms with van der Waals surface area (Å²) in [6.45, 7) is 13.4. The Kier molecular flexibility index (Phi) is 4.43. The maximum Gasteiger partial charge on any atom is -0.00161 e. The van der Waals surface area contributed by atoms with Crippen LogP contribution >= 0.6 is 0 Å². The summed E-state index contributed by atoms with van der Waals surface area (Å²) >= 11 is 0. The van der Waals surface area contributed by atoms with E-state index in [1.54, 1.807) is 0 Å². The van der Waals surface area contributed by atoms with E-state index in [1.165, 1.54) is 45.3 Å². The van der Waals surface area contributed by atoms with Crippen LogP contribution in [-0.2, 0) is 0 Å². The van der Waals surface area contributed by atoms with Gasteiger partial charge in [-0.15, -0.1) is 0 Å². The van der Waals surface area contributed by atoms with Crippen LogP contribution in [0.1, 0.15) is 53.4 Å². The highest BCUT2D eigenvalue weighted by atomic mass is 15.1. The summed E-state index contributed by atoms with van der Waals surface area (Å²) in [4.78, 5) is 2.62. The smallest absolute Gasteiger partial charge is 0.00161 e. The van der Waals surface area contributed by atoms with E-state index in [4.69, 9.17) is 0 Å². The van der Waals surface area contributed by atoms with Crippen molar-refractivity contribution in [3.63, 3.8) is 0 Å². The van der Waals surface area contributed by atoms with Crippen molar-refractivity contribution in [1.29, 1.82) is 0 Å². The molecule has 0 aromatic rings. The highest BCUT2D eigenvalue weighted by molar-refractivity contribution is 4.76. The van der Waals surface area contributed by atoms with Gasteiger partial charge in [0.15, 0.2) is 0 Å². The first-order valence-corrected chi connectivity index (χ1v) is 6.23. The fraction of sp³-hybridized carbons (Fsp3) is 1.00. The zero-order valence-corrected chi connectivity index (χ0v) is 10.5. The molecule has 0 saturated carbocycles. The minimum absolute atomic E-state index is 0.525. The third-order valence-electron chi connectivity index (χ3n) is 3.15. The van der Waals surface area contributed by atoms with Crippen LogP contribution in [0.2, 0.25) is 0 Å². The second-order valence-electron chi connectivity index (χ2n) is 6.05. The molecule has 0 radical (unpaired) electrons. The van der Waals surface area contributed by atoms with Crippen molar-refractivity contribution in [3.05, 3.63) is 0 Å². The summed E-state index contributed by atoms with van der Waals surface area (Å²) < 4.78 is 0. The van der Waals surface area contributed by atoms with Crippen LogP contribution in [0.3, 0.4) is 0 Å². The van der Waals surface area contributed by atoms with Gasteiger partial charge in [0.05, 0.1) is 0 Å². The Hall–Kier alpha value is -0.0400. The quantitative estimate of drug-likeness (QED) is 0.669. The zero-order valence-electron chi connectivity index (χ0n) is 10.5. The van der Waals surface area contributed by atoms with E-state index >= 15 is 0 Å². The van der Waals surface area contributed by atoms with E-state index in [0.717, 1.165) is 5.92 Å². The van der Waals surface area contributed by atoms with Gasteiger partial charge in [-0.2, -0.15) is 0 Å². The molecule has 0 aliphatic carbocycles. The van der Waals surface area contributed by atoms with Gasteiger partial charge in [0.2, 0.25) is 0 Å². The first kappa shape index (κ1) is 12.0. The SMILES string of the molecule is CCCN1CCC(CC(C)(C)C)CC1. The topological polar surface area (TPSA) is 3.24 Å². The van der Waals surface area contributed by atoms with Gasteiger partial charge in [-0.25, -0.2) is 0 Å². The lowest BCUT2D eigenvalue weighted by Crippen LogP contribution is -2.35. The van der Waals surface area contributed by atoms with Gasteiger partial charge in [0, 0.05) is 0 Å². The second kappa shape index (κ2) is 5.16. The third-order valence-corrected chi connectivity index (χ3v) is 3.15. The fourth-order valence-corrected chi connectivity index (χ4v) is 2.60. The Morgan fingerprint density at radius 3 is 2.14 bits per heavy atom. The van der Waals surface area contributed by atoms with Gasteiger partial charge in [0.1, 0.15) is 0 Å². The molecular weight excluding hydrogens is 170 g/mol. The number of hydrogen-bond donors (Lipinski definition) is 0. The summed E-state index contributed by atoms with van der Waals surface area (Å²) in [6.07, 6.45) is 5.57. The maximum atomic E-state index is 2.62. The van der Waals surface area contributed by atoms with E-state index in [1.807, 2.05) is 0 Å². The van der Waals surface area contributed by atoms with E-state index in [9.17, 15) is 0 Å². The Bertz CT molecular complexity index is 149. The van der Waals surface area contributed by atoms with Gasteiger partial charge >= 0.3 is 0 Å². The van der Waals surface area contributed by atoms with Crippen LogP contribution in [-0.4, -0.2) is 24.5 Å². The van der Waals surface area contributed by atoms with Gasteiger partial charge in [-0.05, 0) is 56.7 Å². The summed E-state index contributed by atoms with van der Waals surface area (Å²) in [5.74, 6) is 0.989. The normalized spacial score (nSPS) is 21.4. The summed E-state index contributed by atoms with van der Waals surface area (Å²) in [6, 6.07) is 0. The van der Waals surface area contributed by atoms with Crippen molar-refractivity contribution < 1.29 is 0 Å². The molecule has 1 saturated heterocycles. The number of rotatable bonds is 3. The van der Waals surface area contributed by atoms with Crippen molar-refractivity contribution in [3.8, 4) is 0 Å². The van der Waals surface area contributed by atoms with Crippen molar-refractivity contribution >= 4 is 0 Å². The minimum Gasteiger partial charge on any atom is -0.303 e. The molecule has 0 atom stereocenters. The number of piperidine rings is 1. The molecule has 1 nitrogen and oxygen atoms in total. The van der Waals surface area contributed by atoms with Crippen LogP contribution in [0.25, 0.3) is 0 Å². The largest absolute Gasteiger partial charge is 0.303 e. The second-order valence-corrected chi connectivity index (χ2v) is 6.05. The predicted molar refractivity (Wildman–Crippen MR) is 63.5 cm³/mol. The van der Waals surface area contributed by atoms with Gasteiger partial charge in [-0.1, -0.05) is 27.7 Å². The Balaban J connectivity index is 2.22. The van der Waals surface area contributed by atoms with Crippen molar-refractivity contribution in [2.24, 2.45) is 11.3 Å². The molecule has 0 N–H and O–H groups in total. The summed E-state index contributed by atoms with van der Waals surface area (Å²) in [7, 11) is 0. The molecule has 0 aromatic carbocycles. The average Bonchev–Trinajstić information content (AvgIpc) is 2.06. The molecule has 1 heterocycles. The standard InChI is InChI=1S/C13H27N/c1-5-8-14-9-6-12(7-10-14)11-13(2,3)4/h12H,5-11H2,1-4H3. The molecule has 84 valence electrons. The molecule has 1 heteroatoms. The van der Waals surface area contributed by atoms with Crippen LogP contribution in [0.15, 0.2) is 0 Å². The van der Waals surface area contributed by atoms with Crippen molar-refractivity contribution in [2.45, 2.75) is 53.4 Å². The monoisotopic (exact) mass is 197 g/mol. The highest BCUT2D eigenvalue weighted by Crippen LogP contribution is 2.30. The molecular formula is C13H27N. The van der Waals surface area contributed by atoms with Crippen LogP contribution in [0.4, 0.5) is 0 Å². The molecule has 14 heavy (non-hydrogen) atoms. The van der Waals surface area contributed by atoms with Crippen LogP contribution in [0, 0.1) is 11.3 Å². The number of hydrogen-bond acceptors (Lipinski definition) is 1. The molecule has 0 bridgehead atoms. The van der Waals surface area contributed by atoms with Crippen molar-refractivity contribution in [2.75, 3.05) is 19.6 Å². The lowest BCUT2D eigenvalue weighted by atomic mass is 9.80. The first-order valence-electron chi connectivity index (χ1n) is 6.23. The highest BCUT2D eigenvalue weighted by Gasteiger charge is 2.23. The van der Waals surface area contributed by atoms with E-state index in [0.29, 0.717) is 5.41 Å². The molecule has 1 aliphatic rings. The lowest BCUT2D eigenvalue weighted by molar-refractivity contribution is 0.153. The van der Waals surface area contributed by atoms with E-state index in [-0.39, 0.29) is 0 Å². The molecule has 0 amide bonds. The predicted octanol–water partition coefficient (Wildman–Crippen LogP) is 3.54. The number of nitrogens with zero attached hydrogens (tertiary/aromatic N) is 1. The Morgan fingerprint density at radius 1 is 1.14 bits per heavy atom. The van der Waals surface area contributed by atoms with Gasteiger partial charge < -0.3 is 4.90 Å². The Labute approximate surface area is 89.9 Å². The van der Waals surface area contributed by atoms with Crippen LogP contribution in [0.5, 0.6) is 0 Å². The third kappa shape index (κ3) is 4.45. The Morgan fingerprint density at radius 2 is 1.71 bits per heavy atom. The lowest BCUT2D eigenvalue weighted by Gasteiger charge is -2.34. The zero-order chi connectivity index (χ0) is 10.6. The molecule has 0 aromatic heterocycles. The molecule has 1 aliphatic heterocycles. The maximum absolute atomic E-state index is 2.62. The molecule has 0 unspecified atom stereocenters. The van der Waals surface area contributed by atoms with E-state index < -0.39 is 0 Å². The summed E-state index contributed by atoms with van der Waals surface area (Å²) in [5.41, 5.74) is 0.525. The molecule has 0 spiro atoms. The van der Waals surface area contributed by atoms with Crippen molar-refractivity contribution in [1.82, 2.24) is 4.90 Å². The van der Waals surface area contributed by atoms with Crippen LogP contribution < -0.4 is 0 Å². The van der Waals surface area contributed by atoms with E-state index in [2.05, 4.69) is 32.6 Å². The van der Waals surface area contributed by atoms with Gasteiger partial charge in [-0.3, -0.25) is 0 Å². The average molecular weight is 197 g/mol. The molecule has 1 rings (SSSR count). The summed E-state index contributed by atoms with van der Waals surface area (Å²) in [5, 5.41) is 0. The number of likely N-dealkylation sites (tertiary alicyclic amines) is 1. The fourth-order valence-electron chi connectivity index (χ4n) is 2.60.